The Morgan fingerprint density at radius 3 is 2.89 bits per heavy atom. The van der Waals surface area contributed by atoms with E-state index in [9.17, 15) is 14.9 Å². The predicted octanol–water partition coefficient (Wildman–Crippen LogP) is 2.53. The van der Waals surface area contributed by atoms with Crippen LogP contribution in [-0.2, 0) is 4.74 Å². The first-order chi connectivity index (χ1) is 9.06. The number of nitro groups is 1. The van der Waals surface area contributed by atoms with Crippen LogP contribution in [0.5, 0.6) is 0 Å². The molecule has 0 radical (unpaired) electrons. The van der Waals surface area contributed by atoms with Gasteiger partial charge in [0.2, 0.25) is 0 Å². The van der Waals surface area contributed by atoms with Gasteiger partial charge >= 0.3 is 0 Å². The SMILES string of the molecule is C=COCCCNC(=O)c1ccc([N+](=O)[O-])cc1Cl. The number of ether oxygens (including phenoxy) is 1. The molecule has 0 aliphatic carbocycles. The molecule has 1 aromatic rings. The van der Waals surface area contributed by atoms with Crippen LogP contribution in [0.25, 0.3) is 0 Å². The maximum Gasteiger partial charge on any atom is 0.270 e. The molecule has 0 aromatic heterocycles. The summed E-state index contributed by atoms with van der Waals surface area (Å²) in [6.07, 6.45) is 1.96. The number of benzene rings is 1. The molecule has 0 saturated carbocycles. The number of carbonyl (C=O) groups is 1. The van der Waals surface area contributed by atoms with Crippen molar-refractivity contribution in [1.82, 2.24) is 5.32 Å². The lowest BCUT2D eigenvalue weighted by Crippen LogP contribution is -2.25. The summed E-state index contributed by atoms with van der Waals surface area (Å²) in [6, 6.07) is 3.72. The van der Waals surface area contributed by atoms with E-state index in [4.69, 9.17) is 16.3 Å². The monoisotopic (exact) mass is 284 g/mol. The lowest BCUT2D eigenvalue weighted by atomic mass is 10.2. The molecule has 0 bridgehead atoms. The largest absolute Gasteiger partial charge is 0.502 e. The third-order valence-corrected chi connectivity index (χ3v) is 2.56. The van der Waals surface area contributed by atoms with Crippen molar-refractivity contribution in [2.24, 2.45) is 0 Å². The topological polar surface area (TPSA) is 81.5 Å². The average molecular weight is 285 g/mol. The molecule has 7 heteroatoms. The Hall–Kier alpha value is -2.08. The maximum absolute atomic E-state index is 11.8. The van der Waals surface area contributed by atoms with E-state index in [1.165, 1.54) is 18.4 Å². The van der Waals surface area contributed by atoms with Gasteiger partial charge < -0.3 is 10.1 Å². The minimum absolute atomic E-state index is 0.0500. The van der Waals surface area contributed by atoms with Gasteiger partial charge in [0.1, 0.15) is 0 Å². The first kappa shape index (κ1) is 15.0. The number of hydrogen-bond acceptors (Lipinski definition) is 4. The van der Waals surface area contributed by atoms with Crippen molar-refractivity contribution in [2.75, 3.05) is 13.2 Å². The lowest BCUT2D eigenvalue weighted by molar-refractivity contribution is -0.384. The molecule has 6 nitrogen and oxygen atoms in total. The second-order valence-corrected chi connectivity index (χ2v) is 3.98. The predicted molar refractivity (Wildman–Crippen MR) is 71.2 cm³/mol. The van der Waals surface area contributed by atoms with Crippen LogP contribution in [0.15, 0.2) is 31.0 Å². The second-order valence-electron chi connectivity index (χ2n) is 3.57. The fourth-order valence-electron chi connectivity index (χ4n) is 1.34. The van der Waals surface area contributed by atoms with Crippen LogP contribution in [0.2, 0.25) is 5.02 Å². The van der Waals surface area contributed by atoms with E-state index in [1.807, 2.05) is 0 Å². The number of hydrogen-bond donors (Lipinski definition) is 1. The Morgan fingerprint density at radius 2 is 2.32 bits per heavy atom. The summed E-state index contributed by atoms with van der Waals surface area (Å²) in [5, 5.41) is 13.2. The van der Waals surface area contributed by atoms with Crippen LogP contribution in [0, 0.1) is 10.1 Å². The highest BCUT2D eigenvalue weighted by molar-refractivity contribution is 6.34. The zero-order valence-corrected chi connectivity index (χ0v) is 10.9. The molecule has 19 heavy (non-hydrogen) atoms. The summed E-state index contributed by atoms with van der Waals surface area (Å²) in [7, 11) is 0. The first-order valence-corrected chi connectivity index (χ1v) is 5.88. The van der Waals surface area contributed by atoms with E-state index in [0.29, 0.717) is 19.6 Å². The number of nitrogens with zero attached hydrogens (tertiary/aromatic N) is 1. The minimum Gasteiger partial charge on any atom is -0.502 e. The molecular weight excluding hydrogens is 272 g/mol. The lowest BCUT2D eigenvalue weighted by Gasteiger charge is -2.06. The minimum atomic E-state index is -0.569. The van der Waals surface area contributed by atoms with E-state index in [-0.39, 0.29) is 22.2 Å². The first-order valence-electron chi connectivity index (χ1n) is 5.51. The highest BCUT2D eigenvalue weighted by Crippen LogP contribution is 2.22. The molecule has 0 heterocycles. The zero-order chi connectivity index (χ0) is 14.3. The Kier molecular flexibility index (Phi) is 5.81. The average Bonchev–Trinajstić information content (AvgIpc) is 2.38. The van der Waals surface area contributed by atoms with Crippen LogP contribution >= 0.6 is 11.6 Å². The van der Waals surface area contributed by atoms with Crippen LogP contribution < -0.4 is 5.32 Å². The molecule has 1 amide bonds. The highest BCUT2D eigenvalue weighted by atomic mass is 35.5. The van der Waals surface area contributed by atoms with Gasteiger partial charge in [-0.05, 0) is 12.5 Å². The smallest absolute Gasteiger partial charge is 0.270 e. The molecule has 1 rings (SSSR count). The summed E-state index contributed by atoms with van der Waals surface area (Å²) >= 11 is 5.83. The molecular formula is C12H13ClN2O4. The van der Waals surface area contributed by atoms with E-state index in [2.05, 4.69) is 11.9 Å². The van der Waals surface area contributed by atoms with Crippen molar-refractivity contribution < 1.29 is 14.5 Å². The van der Waals surface area contributed by atoms with E-state index in [0.717, 1.165) is 6.07 Å². The summed E-state index contributed by atoms with van der Waals surface area (Å²) in [5.74, 6) is -0.376. The Morgan fingerprint density at radius 1 is 1.58 bits per heavy atom. The van der Waals surface area contributed by atoms with Crippen molar-refractivity contribution in [3.05, 3.63) is 51.7 Å². The molecule has 0 spiro atoms. The van der Waals surface area contributed by atoms with E-state index >= 15 is 0 Å². The molecule has 0 aliphatic rings. The second kappa shape index (κ2) is 7.38. The summed E-state index contributed by atoms with van der Waals surface area (Å²) in [6.45, 7) is 4.27. The van der Waals surface area contributed by atoms with Crippen molar-refractivity contribution in [3.8, 4) is 0 Å². The van der Waals surface area contributed by atoms with E-state index in [1.54, 1.807) is 0 Å². The molecule has 102 valence electrons. The summed E-state index contributed by atoms with van der Waals surface area (Å²) in [5.41, 5.74) is 0.0536. The van der Waals surface area contributed by atoms with Crippen LogP contribution in [0.1, 0.15) is 16.8 Å². The zero-order valence-electron chi connectivity index (χ0n) is 10.1. The molecule has 0 fully saturated rings. The van der Waals surface area contributed by atoms with Gasteiger partial charge in [-0.1, -0.05) is 18.2 Å². The van der Waals surface area contributed by atoms with Gasteiger partial charge in [0.05, 0.1) is 28.4 Å². The van der Waals surface area contributed by atoms with Crippen molar-refractivity contribution in [2.45, 2.75) is 6.42 Å². The normalized spacial score (nSPS) is 9.74. The molecule has 0 aliphatic heterocycles. The summed E-state index contributed by atoms with van der Waals surface area (Å²) in [4.78, 5) is 21.7. The fourth-order valence-corrected chi connectivity index (χ4v) is 1.60. The Balaban J connectivity index is 2.57. The molecule has 0 unspecified atom stereocenters. The fraction of sp³-hybridized carbons (Fsp3) is 0.250. The molecule has 0 saturated heterocycles. The van der Waals surface area contributed by atoms with Gasteiger partial charge in [0.25, 0.3) is 11.6 Å². The van der Waals surface area contributed by atoms with Crippen LogP contribution in [0.4, 0.5) is 5.69 Å². The number of non-ortho nitro benzene ring substituents is 1. The quantitative estimate of drug-likeness (QED) is 0.361. The summed E-state index contributed by atoms with van der Waals surface area (Å²) < 4.78 is 4.90. The Bertz CT molecular complexity index is 491. The number of carbonyl (C=O) groups excluding carboxylic acids is 1. The van der Waals surface area contributed by atoms with E-state index < -0.39 is 4.92 Å². The maximum atomic E-state index is 11.8. The van der Waals surface area contributed by atoms with Crippen molar-refractivity contribution in [1.29, 1.82) is 0 Å². The number of amides is 1. The number of nitrogens with one attached hydrogen (secondary N) is 1. The van der Waals surface area contributed by atoms with Crippen molar-refractivity contribution >= 4 is 23.2 Å². The molecule has 1 aromatic carbocycles. The third-order valence-electron chi connectivity index (χ3n) is 2.25. The number of halogens is 1. The van der Waals surface area contributed by atoms with Gasteiger partial charge in [-0.15, -0.1) is 0 Å². The number of rotatable bonds is 7. The van der Waals surface area contributed by atoms with Gasteiger partial charge in [-0.2, -0.15) is 0 Å². The molecule has 0 atom stereocenters. The Labute approximate surface area is 115 Å². The highest BCUT2D eigenvalue weighted by Gasteiger charge is 2.14. The van der Waals surface area contributed by atoms with Gasteiger partial charge in [0, 0.05) is 18.7 Å². The van der Waals surface area contributed by atoms with Gasteiger partial charge in [-0.25, -0.2) is 0 Å². The van der Waals surface area contributed by atoms with Crippen LogP contribution in [0.3, 0.4) is 0 Å². The van der Waals surface area contributed by atoms with Crippen molar-refractivity contribution in [3.63, 3.8) is 0 Å². The van der Waals surface area contributed by atoms with Gasteiger partial charge in [-0.3, -0.25) is 14.9 Å². The number of nitro benzene ring substituents is 1. The molecule has 1 N–H and O–H groups in total. The van der Waals surface area contributed by atoms with Crippen LogP contribution in [-0.4, -0.2) is 24.0 Å². The third kappa shape index (κ3) is 4.59. The van der Waals surface area contributed by atoms with Gasteiger partial charge in [0.15, 0.2) is 0 Å². The standard InChI is InChI=1S/C12H13ClN2O4/c1-2-19-7-3-6-14-12(16)10-5-4-9(15(17)18)8-11(10)13/h2,4-5,8H,1,3,6-7H2,(H,14,16).